The van der Waals surface area contributed by atoms with Gasteiger partial charge in [0.25, 0.3) is 5.56 Å². The van der Waals surface area contributed by atoms with Gasteiger partial charge < -0.3 is 0 Å². The minimum atomic E-state index is -4.49. The fraction of sp³-hybridized carbons (Fsp3) is 0.375. The number of alkyl halides is 3. The Morgan fingerprint density at radius 2 is 2.00 bits per heavy atom. The van der Waals surface area contributed by atoms with E-state index in [1.54, 1.807) is 13.8 Å². The molecule has 10 heteroatoms. The Bertz CT molecular complexity index is 1060. The molecule has 0 atom stereocenters. The van der Waals surface area contributed by atoms with Crippen LogP contribution in [0.1, 0.15) is 45.7 Å². The maximum Gasteiger partial charge on any atom is 0.419 e. The molecule has 0 bridgehead atoms. The highest BCUT2D eigenvalue weighted by Crippen LogP contribution is 2.31. The average Bonchev–Trinajstić information content (AvgIpc) is 3.06. The lowest BCUT2D eigenvalue weighted by molar-refractivity contribution is -0.138. The molecule has 0 aliphatic rings. The summed E-state index contributed by atoms with van der Waals surface area (Å²) in [6.07, 6.45) is -3.47. The van der Waals surface area contributed by atoms with Crippen LogP contribution in [0.25, 0.3) is 4.96 Å². The zero-order valence-electron chi connectivity index (χ0n) is 14.2. The number of ketones is 1. The van der Waals surface area contributed by atoms with Gasteiger partial charge in [0, 0.05) is 23.1 Å². The molecular formula is C16H15F3N4O2S. The Morgan fingerprint density at radius 3 is 2.58 bits per heavy atom. The van der Waals surface area contributed by atoms with Crippen molar-refractivity contribution >= 4 is 22.1 Å². The molecule has 0 aliphatic heterocycles. The molecule has 3 heterocycles. The third-order valence-corrected chi connectivity index (χ3v) is 5.00. The number of fused-ring (bicyclic) bond motifs is 1. The van der Waals surface area contributed by atoms with Crippen LogP contribution in [0.3, 0.4) is 0 Å². The Labute approximate surface area is 149 Å². The van der Waals surface area contributed by atoms with Crippen LogP contribution >= 0.6 is 11.3 Å². The Balaban J connectivity index is 2.05. The van der Waals surface area contributed by atoms with Gasteiger partial charge in [-0.05, 0) is 13.8 Å². The van der Waals surface area contributed by atoms with Crippen molar-refractivity contribution in [1.29, 1.82) is 0 Å². The third kappa shape index (κ3) is 3.05. The Hall–Kier alpha value is -2.49. The minimum absolute atomic E-state index is 0.0521. The minimum Gasteiger partial charge on any atom is -0.292 e. The van der Waals surface area contributed by atoms with Crippen molar-refractivity contribution in [3.63, 3.8) is 0 Å². The van der Waals surface area contributed by atoms with E-state index in [1.165, 1.54) is 28.7 Å². The van der Waals surface area contributed by atoms with Gasteiger partial charge in [-0.3, -0.25) is 14.3 Å². The van der Waals surface area contributed by atoms with E-state index in [4.69, 9.17) is 0 Å². The van der Waals surface area contributed by atoms with Crippen LogP contribution in [-0.4, -0.2) is 24.9 Å². The van der Waals surface area contributed by atoms with E-state index in [0.717, 1.165) is 10.9 Å². The summed E-state index contributed by atoms with van der Waals surface area (Å²) >= 11 is 1.20. The molecule has 3 rings (SSSR count). The van der Waals surface area contributed by atoms with Crippen molar-refractivity contribution in [2.24, 2.45) is 0 Å². The standard InChI is InChI=1S/C16H15F3N4O2S/c1-4-12(24)14-9(3)26-15-21-10(5-13(25)23(14)15)7-22-8(2)11(6-20-22)16(17,18)19/h5-6H,4,7H2,1-3H3. The van der Waals surface area contributed by atoms with E-state index in [2.05, 4.69) is 10.1 Å². The molecule has 138 valence electrons. The van der Waals surface area contributed by atoms with Crippen molar-refractivity contribution in [3.8, 4) is 0 Å². The summed E-state index contributed by atoms with van der Waals surface area (Å²) in [6, 6.07) is 1.22. The number of hydrogen-bond donors (Lipinski definition) is 0. The zero-order chi connectivity index (χ0) is 19.2. The summed E-state index contributed by atoms with van der Waals surface area (Å²) in [5.41, 5.74) is -0.716. The van der Waals surface area contributed by atoms with Gasteiger partial charge in [0.05, 0.1) is 24.0 Å². The number of halogens is 3. The van der Waals surface area contributed by atoms with Gasteiger partial charge in [0.15, 0.2) is 10.7 Å². The monoisotopic (exact) mass is 384 g/mol. The third-order valence-electron chi connectivity index (χ3n) is 4.05. The van der Waals surface area contributed by atoms with Crippen LogP contribution < -0.4 is 5.56 Å². The van der Waals surface area contributed by atoms with Gasteiger partial charge in [-0.2, -0.15) is 18.3 Å². The highest BCUT2D eigenvalue weighted by Gasteiger charge is 2.34. The molecule has 26 heavy (non-hydrogen) atoms. The number of thiazole rings is 1. The number of aromatic nitrogens is 4. The van der Waals surface area contributed by atoms with Gasteiger partial charge in [0.1, 0.15) is 5.69 Å². The van der Waals surface area contributed by atoms with E-state index >= 15 is 0 Å². The predicted molar refractivity (Wildman–Crippen MR) is 89.8 cm³/mol. The molecule has 0 spiro atoms. The van der Waals surface area contributed by atoms with Gasteiger partial charge in [-0.25, -0.2) is 9.38 Å². The first-order valence-corrected chi connectivity index (χ1v) is 8.60. The molecule has 0 saturated heterocycles. The number of hydrogen-bond acceptors (Lipinski definition) is 5. The van der Waals surface area contributed by atoms with Crippen LogP contribution in [0, 0.1) is 13.8 Å². The van der Waals surface area contributed by atoms with E-state index in [-0.39, 0.29) is 30.1 Å². The topological polar surface area (TPSA) is 69.3 Å². The van der Waals surface area contributed by atoms with Gasteiger partial charge in [-0.1, -0.05) is 6.92 Å². The first-order valence-electron chi connectivity index (χ1n) is 7.78. The number of carbonyl (C=O) groups excluding carboxylic acids is 1. The second-order valence-electron chi connectivity index (χ2n) is 5.79. The summed E-state index contributed by atoms with van der Waals surface area (Å²) in [7, 11) is 0. The normalized spacial score (nSPS) is 12.1. The molecule has 3 aromatic heterocycles. The molecule has 0 radical (unpaired) electrons. The van der Waals surface area contributed by atoms with Crippen LogP contribution in [0.5, 0.6) is 0 Å². The molecule has 0 amide bonds. The summed E-state index contributed by atoms with van der Waals surface area (Å²) < 4.78 is 41.0. The Morgan fingerprint density at radius 1 is 1.31 bits per heavy atom. The molecule has 3 aromatic rings. The van der Waals surface area contributed by atoms with Crippen LogP contribution in [0.4, 0.5) is 13.2 Å². The molecule has 0 N–H and O–H groups in total. The molecule has 0 aromatic carbocycles. The molecular weight excluding hydrogens is 369 g/mol. The van der Waals surface area contributed by atoms with Crippen LogP contribution in [0.2, 0.25) is 0 Å². The maximum absolute atomic E-state index is 12.9. The number of aryl methyl sites for hydroxylation is 1. The molecule has 0 saturated carbocycles. The predicted octanol–water partition coefficient (Wildman–Crippen LogP) is 3.23. The maximum atomic E-state index is 12.9. The van der Waals surface area contributed by atoms with E-state index in [9.17, 15) is 22.8 Å². The lowest BCUT2D eigenvalue weighted by atomic mass is 10.2. The van der Waals surface area contributed by atoms with E-state index < -0.39 is 17.3 Å². The number of nitrogens with zero attached hydrogens (tertiary/aromatic N) is 4. The van der Waals surface area contributed by atoms with Crippen molar-refractivity contribution in [1.82, 2.24) is 19.2 Å². The average molecular weight is 384 g/mol. The molecule has 0 aliphatic carbocycles. The van der Waals surface area contributed by atoms with E-state index in [1.807, 2.05) is 0 Å². The van der Waals surface area contributed by atoms with Gasteiger partial charge in [-0.15, -0.1) is 11.3 Å². The lowest BCUT2D eigenvalue weighted by Crippen LogP contribution is -2.20. The van der Waals surface area contributed by atoms with Crippen LogP contribution in [0.15, 0.2) is 17.1 Å². The van der Waals surface area contributed by atoms with Gasteiger partial charge in [0.2, 0.25) is 0 Å². The number of rotatable bonds is 4. The van der Waals surface area contributed by atoms with Crippen molar-refractivity contribution in [2.75, 3.05) is 0 Å². The van der Waals surface area contributed by atoms with Gasteiger partial charge >= 0.3 is 6.18 Å². The second-order valence-corrected chi connectivity index (χ2v) is 6.97. The zero-order valence-corrected chi connectivity index (χ0v) is 15.0. The smallest absolute Gasteiger partial charge is 0.292 e. The van der Waals surface area contributed by atoms with Crippen molar-refractivity contribution in [2.45, 2.75) is 39.9 Å². The van der Waals surface area contributed by atoms with Crippen molar-refractivity contribution in [3.05, 3.63) is 50.1 Å². The molecule has 0 fully saturated rings. The second kappa shape index (κ2) is 6.35. The first kappa shape index (κ1) is 18.3. The van der Waals surface area contributed by atoms with Crippen molar-refractivity contribution < 1.29 is 18.0 Å². The molecule has 0 unspecified atom stereocenters. The summed E-state index contributed by atoms with van der Waals surface area (Å²) in [4.78, 5) is 29.9. The highest BCUT2D eigenvalue weighted by atomic mass is 32.1. The quantitative estimate of drug-likeness (QED) is 0.648. The summed E-state index contributed by atoms with van der Waals surface area (Å²) in [6.45, 7) is 4.68. The van der Waals surface area contributed by atoms with Crippen LogP contribution in [-0.2, 0) is 12.7 Å². The SMILES string of the molecule is CCC(=O)c1c(C)sc2nc(Cn3ncc(C(F)(F)F)c3C)cc(=O)n12. The summed E-state index contributed by atoms with van der Waals surface area (Å²) in [5, 5.41) is 3.75. The van der Waals surface area contributed by atoms with E-state index in [0.29, 0.717) is 15.5 Å². The highest BCUT2D eigenvalue weighted by molar-refractivity contribution is 7.17. The number of Topliss-reactive ketones (excluding diaryl/α,β-unsaturated/α-hetero) is 1. The Kier molecular flexibility index (Phi) is 4.47. The largest absolute Gasteiger partial charge is 0.419 e. The lowest BCUT2D eigenvalue weighted by Gasteiger charge is -2.08. The summed E-state index contributed by atoms with van der Waals surface area (Å²) in [5.74, 6) is -0.164. The fourth-order valence-electron chi connectivity index (χ4n) is 2.73. The first-order chi connectivity index (χ1) is 12.1. The molecule has 6 nitrogen and oxygen atoms in total. The number of carbonyl (C=O) groups is 1. The fourth-order valence-corrected chi connectivity index (χ4v) is 3.74.